The number of nitrogens with one attached hydrogen (secondary N) is 1. The van der Waals surface area contributed by atoms with Crippen LogP contribution >= 0.6 is 0 Å². The summed E-state index contributed by atoms with van der Waals surface area (Å²) in [6.45, 7) is 6.85. The lowest BCUT2D eigenvalue weighted by Gasteiger charge is -2.18. The van der Waals surface area contributed by atoms with E-state index >= 15 is 0 Å². The van der Waals surface area contributed by atoms with Gasteiger partial charge in [0.1, 0.15) is 0 Å². The number of nitrogens with zero attached hydrogens (tertiary/aromatic N) is 1. The molecule has 0 spiro atoms. The van der Waals surface area contributed by atoms with E-state index in [2.05, 4.69) is 5.32 Å². The molecule has 0 heterocycles. The Labute approximate surface area is 114 Å². The molecule has 1 atom stereocenters. The van der Waals surface area contributed by atoms with Crippen molar-refractivity contribution in [3.8, 4) is 0 Å². The maximum atomic E-state index is 11.7. The smallest absolute Gasteiger partial charge is 0.308 e. The van der Waals surface area contributed by atoms with E-state index in [-0.39, 0.29) is 24.8 Å². The average Bonchev–Trinajstić information content (AvgIpc) is 2.37. The molecule has 0 bridgehead atoms. The quantitative estimate of drug-likeness (QED) is 0.652. The second-order valence-corrected chi connectivity index (χ2v) is 4.46. The van der Waals surface area contributed by atoms with Gasteiger partial charge < -0.3 is 15.3 Å². The van der Waals surface area contributed by atoms with Crippen molar-refractivity contribution in [1.29, 1.82) is 0 Å². The molecule has 0 aromatic carbocycles. The van der Waals surface area contributed by atoms with E-state index in [9.17, 15) is 14.4 Å². The summed E-state index contributed by atoms with van der Waals surface area (Å²) in [5, 5.41) is 11.2. The average molecular weight is 272 g/mol. The van der Waals surface area contributed by atoms with Gasteiger partial charge in [-0.15, -0.1) is 0 Å². The lowest BCUT2D eigenvalue weighted by Crippen LogP contribution is -2.32. The van der Waals surface area contributed by atoms with Crippen LogP contribution in [0.25, 0.3) is 0 Å². The molecule has 0 aliphatic carbocycles. The zero-order valence-corrected chi connectivity index (χ0v) is 11.9. The zero-order valence-electron chi connectivity index (χ0n) is 11.9. The molecular formula is C13H24N2O4. The van der Waals surface area contributed by atoms with Crippen molar-refractivity contribution >= 4 is 17.8 Å². The Morgan fingerprint density at radius 1 is 1.16 bits per heavy atom. The van der Waals surface area contributed by atoms with Gasteiger partial charge in [-0.1, -0.05) is 6.92 Å². The summed E-state index contributed by atoms with van der Waals surface area (Å²) in [6, 6.07) is 0. The first kappa shape index (κ1) is 17.4. The molecule has 19 heavy (non-hydrogen) atoms. The van der Waals surface area contributed by atoms with Gasteiger partial charge in [0.2, 0.25) is 11.8 Å². The van der Waals surface area contributed by atoms with Crippen molar-refractivity contribution < 1.29 is 19.5 Å². The van der Waals surface area contributed by atoms with Gasteiger partial charge in [0.05, 0.1) is 5.92 Å². The number of carboxylic acid groups (broad SMARTS) is 1. The van der Waals surface area contributed by atoms with Gasteiger partial charge >= 0.3 is 5.97 Å². The van der Waals surface area contributed by atoms with Gasteiger partial charge in [-0.25, -0.2) is 0 Å². The van der Waals surface area contributed by atoms with Crippen LogP contribution < -0.4 is 5.32 Å². The third kappa shape index (κ3) is 7.43. The maximum absolute atomic E-state index is 11.7. The fraction of sp³-hybridized carbons (Fsp3) is 0.769. The lowest BCUT2D eigenvalue weighted by atomic mass is 10.1. The van der Waals surface area contributed by atoms with Crippen LogP contribution in [0.4, 0.5) is 0 Å². The molecule has 0 fully saturated rings. The summed E-state index contributed by atoms with van der Waals surface area (Å²) in [4.78, 5) is 35.4. The van der Waals surface area contributed by atoms with Gasteiger partial charge in [0.25, 0.3) is 0 Å². The molecule has 0 aliphatic rings. The molecule has 0 saturated carbocycles. The third-order valence-corrected chi connectivity index (χ3v) is 2.94. The van der Waals surface area contributed by atoms with Crippen LogP contribution in [-0.4, -0.2) is 47.4 Å². The molecule has 0 saturated heterocycles. The number of carboxylic acids is 1. The van der Waals surface area contributed by atoms with E-state index in [1.54, 1.807) is 4.90 Å². The summed E-state index contributed by atoms with van der Waals surface area (Å²) in [6.07, 6.45) is 1.09. The van der Waals surface area contributed by atoms with E-state index in [0.29, 0.717) is 25.9 Å². The van der Waals surface area contributed by atoms with Gasteiger partial charge in [-0.3, -0.25) is 14.4 Å². The van der Waals surface area contributed by atoms with E-state index < -0.39 is 11.9 Å². The summed E-state index contributed by atoms with van der Waals surface area (Å²) >= 11 is 0. The van der Waals surface area contributed by atoms with E-state index in [0.717, 1.165) is 0 Å². The molecular weight excluding hydrogens is 248 g/mol. The molecule has 110 valence electrons. The van der Waals surface area contributed by atoms with Crippen molar-refractivity contribution in [3.63, 3.8) is 0 Å². The number of aliphatic carboxylic acids is 1. The predicted octanol–water partition coefficient (Wildman–Crippen LogP) is 0.862. The molecule has 0 rings (SSSR count). The maximum Gasteiger partial charge on any atom is 0.308 e. The minimum Gasteiger partial charge on any atom is -0.481 e. The second kappa shape index (κ2) is 9.35. The van der Waals surface area contributed by atoms with Crippen LogP contribution in [0.2, 0.25) is 0 Å². The first-order chi connectivity index (χ1) is 8.92. The Morgan fingerprint density at radius 2 is 1.74 bits per heavy atom. The normalized spacial score (nSPS) is 11.7. The van der Waals surface area contributed by atoms with Crippen LogP contribution in [0.15, 0.2) is 0 Å². The summed E-state index contributed by atoms with van der Waals surface area (Å²) in [5.41, 5.74) is 0. The SMILES string of the molecule is CCN(CC)C(=O)CCCC(=O)NCC(C)C(=O)O. The van der Waals surface area contributed by atoms with Crippen molar-refractivity contribution in [1.82, 2.24) is 10.2 Å². The minimum absolute atomic E-state index is 0.0525. The number of hydrogen-bond acceptors (Lipinski definition) is 3. The van der Waals surface area contributed by atoms with Crippen molar-refractivity contribution in [2.24, 2.45) is 5.92 Å². The topological polar surface area (TPSA) is 86.7 Å². The highest BCUT2D eigenvalue weighted by atomic mass is 16.4. The highest BCUT2D eigenvalue weighted by molar-refractivity contribution is 5.79. The minimum atomic E-state index is -0.933. The van der Waals surface area contributed by atoms with Crippen LogP contribution in [0, 0.1) is 5.92 Å². The van der Waals surface area contributed by atoms with Crippen LogP contribution in [0.5, 0.6) is 0 Å². The van der Waals surface area contributed by atoms with Crippen molar-refractivity contribution in [3.05, 3.63) is 0 Å². The number of hydrogen-bond donors (Lipinski definition) is 2. The highest BCUT2D eigenvalue weighted by Gasteiger charge is 2.13. The Kier molecular flexibility index (Phi) is 8.57. The number of carbonyl (C=O) groups excluding carboxylic acids is 2. The van der Waals surface area contributed by atoms with Gasteiger partial charge in [-0.2, -0.15) is 0 Å². The Morgan fingerprint density at radius 3 is 2.21 bits per heavy atom. The van der Waals surface area contributed by atoms with E-state index in [1.165, 1.54) is 6.92 Å². The first-order valence-corrected chi connectivity index (χ1v) is 6.69. The summed E-state index contributed by atoms with van der Waals surface area (Å²) < 4.78 is 0. The molecule has 0 aromatic heterocycles. The molecule has 0 aliphatic heterocycles. The fourth-order valence-corrected chi connectivity index (χ4v) is 1.58. The van der Waals surface area contributed by atoms with Gasteiger partial charge in [0, 0.05) is 32.5 Å². The molecule has 1 unspecified atom stereocenters. The zero-order chi connectivity index (χ0) is 14.8. The van der Waals surface area contributed by atoms with Gasteiger partial charge in [-0.05, 0) is 20.3 Å². The Balaban J connectivity index is 3.80. The van der Waals surface area contributed by atoms with Crippen molar-refractivity contribution in [2.75, 3.05) is 19.6 Å². The second-order valence-electron chi connectivity index (χ2n) is 4.46. The standard InChI is InChI=1S/C13H24N2O4/c1-4-15(5-2)12(17)8-6-7-11(16)14-9-10(3)13(18)19/h10H,4-9H2,1-3H3,(H,14,16)(H,18,19). The molecule has 6 nitrogen and oxygen atoms in total. The number of carbonyl (C=O) groups is 3. The molecule has 2 amide bonds. The Hall–Kier alpha value is -1.59. The van der Waals surface area contributed by atoms with Crippen LogP contribution in [0.1, 0.15) is 40.0 Å². The third-order valence-electron chi connectivity index (χ3n) is 2.94. The van der Waals surface area contributed by atoms with Crippen LogP contribution in [0.3, 0.4) is 0 Å². The fourth-order valence-electron chi connectivity index (χ4n) is 1.58. The number of rotatable bonds is 9. The summed E-state index contributed by atoms with van der Waals surface area (Å²) in [7, 11) is 0. The molecule has 6 heteroatoms. The monoisotopic (exact) mass is 272 g/mol. The van der Waals surface area contributed by atoms with E-state index in [1.807, 2.05) is 13.8 Å². The molecule has 0 aromatic rings. The number of amides is 2. The molecule has 2 N–H and O–H groups in total. The first-order valence-electron chi connectivity index (χ1n) is 6.69. The lowest BCUT2D eigenvalue weighted by molar-refractivity contribution is -0.141. The van der Waals surface area contributed by atoms with Crippen molar-refractivity contribution in [2.45, 2.75) is 40.0 Å². The highest BCUT2D eigenvalue weighted by Crippen LogP contribution is 2.01. The van der Waals surface area contributed by atoms with Crippen LogP contribution in [-0.2, 0) is 14.4 Å². The molecule has 0 radical (unpaired) electrons. The predicted molar refractivity (Wildman–Crippen MR) is 71.6 cm³/mol. The van der Waals surface area contributed by atoms with Gasteiger partial charge in [0.15, 0.2) is 0 Å². The Bertz CT molecular complexity index is 314. The summed E-state index contributed by atoms with van der Waals surface area (Å²) in [5.74, 6) is -1.68. The van der Waals surface area contributed by atoms with E-state index in [4.69, 9.17) is 5.11 Å². The largest absolute Gasteiger partial charge is 0.481 e.